The average molecular weight is 255 g/mol. The van der Waals surface area contributed by atoms with E-state index in [0.29, 0.717) is 5.56 Å². The highest BCUT2D eigenvalue weighted by molar-refractivity contribution is 5.94. The molecule has 1 amide bonds. The number of hydrogen-bond acceptors (Lipinski definition) is 2. The van der Waals surface area contributed by atoms with Crippen LogP contribution in [0.25, 0.3) is 0 Å². The molecule has 1 aliphatic rings. The SMILES string of the molecule is Cn1cc(C(=O)NC2CCCc3ccccc32)cn1. The Bertz CT molecular complexity index is 603. The van der Waals surface area contributed by atoms with Gasteiger partial charge in [0.05, 0.1) is 17.8 Å². The predicted octanol–water partition coefficient (Wildman–Crippen LogP) is 2.23. The van der Waals surface area contributed by atoms with E-state index < -0.39 is 0 Å². The van der Waals surface area contributed by atoms with Gasteiger partial charge in [0.25, 0.3) is 5.91 Å². The first-order valence-electron chi connectivity index (χ1n) is 6.61. The summed E-state index contributed by atoms with van der Waals surface area (Å²) in [6.07, 6.45) is 6.57. The molecule has 98 valence electrons. The van der Waals surface area contributed by atoms with Gasteiger partial charge in [-0.25, -0.2) is 0 Å². The lowest BCUT2D eigenvalue weighted by molar-refractivity contribution is 0.0932. The summed E-state index contributed by atoms with van der Waals surface area (Å²) in [7, 11) is 1.81. The Labute approximate surface area is 112 Å². The Kier molecular flexibility index (Phi) is 3.07. The lowest BCUT2D eigenvalue weighted by atomic mass is 9.87. The molecule has 1 heterocycles. The van der Waals surface area contributed by atoms with Crippen LogP contribution in [0.15, 0.2) is 36.7 Å². The Morgan fingerprint density at radius 3 is 3.05 bits per heavy atom. The smallest absolute Gasteiger partial charge is 0.254 e. The highest BCUT2D eigenvalue weighted by Crippen LogP contribution is 2.29. The third-order valence-electron chi connectivity index (χ3n) is 3.64. The topological polar surface area (TPSA) is 46.9 Å². The second-order valence-electron chi connectivity index (χ2n) is 5.02. The zero-order valence-corrected chi connectivity index (χ0v) is 11.0. The van der Waals surface area contributed by atoms with E-state index in [9.17, 15) is 4.79 Å². The van der Waals surface area contributed by atoms with Crippen LogP contribution < -0.4 is 5.32 Å². The summed E-state index contributed by atoms with van der Waals surface area (Å²) in [4.78, 5) is 12.2. The number of benzene rings is 1. The third-order valence-corrected chi connectivity index (χ3v) is 3.64. The van der Waals surface area contributed by atoms with Gasteiger partial charge in [-0.15, -0.1) is 0 Å². The maximum Gasteiger partial charge on any atom is 0.254 e. The zero-order valence-electron chi connectivity index (χ0n) is 11.0. The standard InChI is InChI=1S/C15H17N3O/c1-18-10-12(9-16-18)15(19)17-14-8-4-6-11-5-2-3-7-13(11)14/h2-3,5,7,9-10,14H,4,6,8H2,1H3,(H,17,19). The minimum absolute atomic E-state index is 0.0465. The molecule has 1 atom stereocenters. The Balaban J connectivity index is 1.79. The van der Waals surface area contributed by atoms with Gasteiger partial charge in [-0.3, -0.25) is 9.48 Å². The van der Waals surface area contributed by atoms with E-state index in [2.05, 4.69) is 28.6 Å². The lowest BCUT2D eigenvalue weighted by Crippen LogP contribution is -2.30. The molecule has 0 saturated carbocycles. The molecule has 19 heavy (non-hydrogen) atoms. The average Bonchev–Trinajstić information content (AvgIpc) is 2.86. The normalized spacial score (nSPS) is 17.8. The van der Waals surface area contributed by atoms with E-state index in [4.69, 9.17) is 0 Å². The first-order chi connectivity index (χ1) is 9.24. The molecule has 0 aliphatic heterocycles. The number of nitrogens with one attached hydrogen (secondary N) is 1. The molecule has 1 aliphatic carbocycles. The van der Waals surface area contributed by atoms with Crippen LogP contribution in [0.2, 0.25) is 0 Å². The van der Waals surface area contributed by atoms with Gasteiger partial charge < -0.3 is 5.32 Å². The van der Waals surface area contributed by atoms with Gasteiger partial charge in [-0.1, -0.05) is 24.3 Å². The van der Waals surface area contributed by atoms with Crippen molar-refractivity contribution in [3.05, 3.63) is 53.3 Å². The van der Waals surface area contributed by atoms with Crippen molar-refractivity contribution in [1.82, 2.24) is 15.1 Å². The summed E-state index contributed by atoms with van der Waals surface area (Å²) in [5.74, 6) is -0.0465. The van der Waals surface area contributed by atoms with Crippen molar-refractivity contribution >= 4 is 5.91 Å². The van der Waals surface area contributed by atoms with E-state index in [1.165, 1.54) is 11.1 Å². The minimum atomic E-state index is -0.0465. The second-order valence-corrected chi connectivity index (χ2v) is 5.02. The lowest BCUT2D eigenvalue weighted by Gasteiger charge is -2.26. The molecule has 1 unspecified atom stereocenters. The number of nitrogens with zero attached hydrogens (tertiary/aromatic N) is 2. The van der Waals surface area contributed by atoms with Crippen molar-refractivity contribution in [3.63, 3.8) is 0 Å². The molecular formula is C15H17N3O. The van der Waals surface area contributed by atoms with E-state index in [-0.39, 0.29) is 11.9 Å². The van der Waals surface area contributed by atoms with Gasteiger partial charge in [0.2, 0.25) is 0 Å². The fraction of sp³-hybridized carbons (Fsp3) is 0.333. The zero-order chi connectivity index (χ0) is 13.2. The van der Waals surface area contributed by atoms with Crippen molar-refractivity contribution in [3.8, 4) is 0 Å². The van der Waals surface area contributed by atoms with Crippen LogP contribution in [0, 0.1) is 0 Å². The van der Waals surface area contributed by atoms with Gasteiger partial charge in [-0.2, -0.15) is 5.10 Å². The van der Waals surface area contributed by atoms with Crippen LogP contribution in [0.5, 0.6) is 0 Å². The number of fused-ring (bicyclic) bond motifs is 1. The second kappa shape index (κ2) is 4.88. The molecule has 0 fully saturated rings. The van der Waals surface area contributed by atoms with Crippen molar-refractivity contribution in [2.45, 2.75) is 25.3 Å². The molecule has 1 N–H and O–H groups in total. The van der Waals surface area contributed by atoms with Crippen LogP contribution >= 0.6 is 0 Å². The van der Waals surface area contributed by atoms with Crippen LogP contribution in [-0.4, -0.2) is 15.7 Å². The minimum Gasteiger partial charge on any atom is -0.345 e. The van der Waals surface area contributed by atoms with Crippen LogP contribution in [0.3, 0.4) is 0 Å². The Morgan fingerprint density at radius 2 is 2.26 bits per heavy atom. The van der Waals surface area contributed by atoms with Gasteiger partial charge in [0.15, 0.2) is 0 Å². The first kappa shape index (κ1) is 12.0. The van der Waals surface area contributed by atoms with Crippen molar-refractivity contribution in [2.75, 3.05) is 0 Å². The van der Waals surface area contributed by atoms with E-state index in [0.717, 1.165) is 19.3 Å². The predicted molar refractivity (Wildman–Crippen MR) is 72.8 cm³/mol. The van der Waals surface area contributed by atoms with Gasteiger partial charge in [-0.05, 0) is 30.4 Å². The summed E-state index contributed by atoms with van der Waals surface area (Å²) in [6.45, 7) is 0. The molecule has 2 aromatic rings. The summed E-state index contributed by atoms with van der Waals surface area (Å²) >= 11 is 0. The van der Waals surface area contributed by atoms with Crippen LogP contribution in [-0.2, 0) is 13.5 Å². The molecule has 3 rings (SSSR count). The number of amides is 1. The summed E-state index contributed by atoms with van der Waals surface area (Å²) in [6, 6.07) is 8.48. The van der Waals surface area contributed by atoms with E-state index in [1.54, 1.807) is 17.1 Å². The number of rotatable bonds is 2. The third kappa shape index (κ3) is 2.38. The van der Waals surface area contributed by atoms with Crippen LogP contribution in [0.4, 0.5) is 0 Å². The van der Waals surface area contributed by atoms with Crippen molar-refractivity contribution in [2.24, 2.45) is 7.05 Å². The molecular weight excluding hydrogens is 238 g/mol. The summed E-state index contributed by atoms with van der Waals surface area (Å²) in [5.41, 5.74) is 3.22. The highest BCUT2D eigenvalue weighted by atomic mass is 16.1. The Hall–Kier alpha value is -2.10. The molecule has 0 bridgehead atoms. The highest BCUT2D eigenvalue weighted by Gasteiger charge is 2.22. The monoisotopic (exact) mass is 255 g/mol. The number of aryl methyl sites for hydroxylation is 2. The maximum absolute atomic E-state index is 12.2. The molecule has 4 heteroatoms. The molecule has 0 spiro atoms. The fourth-order valence-corrected chi connectivity index (χ4v) is 2.68. The quantitative estimate of drug-likeness (QED) is 0.894. The van der Waals surface area contributed by atoms with Crippen LogP contribution in [0.1, 0.15) is 40.4 Å². The fourth-order valence-electron chi connectivity index (χ4n) is 2.68. The van der Waals surface area contributed by atoms with Gasteiger partial charge in [0.1, 0.15) is 0 Å². The van der Waals surface area contributed by atoms with E-state index in [1.807, 2.05) is 13.1 Å². The molecule has 0 radical (unpaired) electrons. The number of carbonyl (C=O) groups excluding carboxylic acids is 1. The molecule has 1 aromatic heterocycles. The van der Waals surface area contributed by atoms with Gasteiger partial charge >= 0.3 is 0 Å². The largest absolute Gasteiger partial charge is 0.345 e. The van der Waals surface area contributed by atoms with Crippen molar-refractivity contribution in [1.29, 1.82) is 0 Å². The molecule has 0 saturated heterocycles. The maximum atomic E-state index is 12.2. The number of aromatic nitrogens is 2. The first-order valence-corrected chi connectivity index (χ1v) is 6.61. The number of carbonyl (C=O) groups is 1. The molecule has 4 nitrogen and oxygen atoms in total. The summed E-state index contributed by atoms with van der Waals surface area (Å²) in [5, 5.41) is 7.14. The van der Waals surface area contributed by atoms with E-state index >= 15 is 0 Å². The summed E-state index contributed by atoms with van der Waals surface area (Å²) < 4.78 is 1.64. The van der Waals surface area contributed by atoms with Crippen molar-refractivity contribution < 1.29 is 4.79 Å². The Morgan fingerprint density at radius 1 is 1.42 bits per heavy atom. The number of hydrogen-bond donors (Lipinski definition) is 1. The molecule has 1 aromatic carbocycles. The van der Waals surface area contributed by atoms with Gasteiger partial charge in [0, 0.05) is 13.2 Å².